The highest BCUT2D eigenvalue weighted by atomic mass is 79.9. The molecule has 4 nitrogen and oxygen atoms in total. The monoisotopic (exact) mass is 247 g/mol. The Morgan fingerprint density at radius 2 is 2.31 bits per heavy atom. The first kappa shape index (κ1) is 10.5. The predicted octanol–water partition coefficient (Wildman–Crippen LogP) is 1.25. The van der Waals surface area contributed by atoms with Crippen molar-refractivity contribution in [2.75, 3.05) is 13.7 Å². The van der Waals surface area contributed by atoms with Gasteiger partial charge in [0.15, 0.2) is 0 Å². The van der Waals surface area contributed by atoms with Crippen LogP contribution in [0.15, 0.2) is 4.60 Å². The lowest BCUT2D eigenvalue weighted by Crippen LogP contribution is -2.09. The van der Waals surface area contributed by atoms with Crippen molar-refractivity contribution in [1.29, 1.82) is 0 Å². The lowest BCUT2D eigenvalue weighted by atomic mass is 10.1. The lowest BCUT2D eigenvalue weighted by molar-refractivity contribution is 0.385. The van der Waals surface area contributed by atoms with Gasteiger partial charge in [-0.25, -0.2) is 0 Å². The molecule has 13 heavy (non-hydrogen) atoms. The highest BCUT2D eigenvalue weighted by Gasteiger charge is 2.19. The third-order valence-corrected chi connectivity index (χ3v) is 2.96. The quantitative estimate of drug-likeness (QED) is 0.875. The van der Waals surface area contributed by atoms with Gasteiger partial charge >= 0.3 is 0 Å². The summed E-state index contributed by atoms with van der Waals surface area (Å²) in [5.74, 6) is 0.894. The smallest absolute Gasteiger partial charge is 0.237 e. The summed E-state index contributed by atoms with van der Waals surface area (Å²) in [5, 5.41) is 4.19. The van der Waals surface area contributed by atoms with E-state index in [-0.39, 0.29) is 5.92 Å². The fourth-order valence-electron chi connectivity index (χ4n) is 1.18. The van der Waals surface area contributed by atoms with Crippen LogP contribution in [0.5, 0.6) is 5.88 Å². The zero-order valence-corrected chi connectivity index (χ0v) is 9.63. The minimum atomic E-state index is 0.248. The topological polar surface area (TPSA) is 53.1 Å². The van der Waals surface area contributed by atoms with E-state index in [9.17, 15) is 0 Å². The molecule has 0 spiro atoms. The third kappa shape index (κ3) is 1.86. The highest BCUT2D eigenvalue weighted by Crippen LogP contribution is 2.31. The first-order valence-electron chi connectivity index (χ1n) is 4.08. The van der Waals surface area contributed by atoms with E-state index in [2.05, 4.69) is 21.0 Å². The summed E-state index contributed by atoms with van der Waals surface area (Å²) in [5.41, 5.74) is 6.63. The van der Waals surface area contributed by atoms with Crippen LogP contribution in [0.2, 0.25) is 0 Å². The van der Waals surface area contributed by atoms with Crippen LogP contribution in [-0.4, -0.2) is 23.4 Å². The Morgan fingerprint density at radius 1 is 1.69 bits per heavy atom. The lowest BCUT2D eigenvalue weighted by Gasteiger charge is -2.08. The van der Waals surface area contributed by atoms with Crippen LogP contribution < -0.4 is 10.5 Å². The van der Waals surface area contributed by atoms with Gasteiger partial charge in [-0.2, -0.15) is 0 Å². The van der Waals surface area contributed by atoms with Crippen LogP contribution in [0.4, 0.5) is 0 Å². The van der Waals surface area contributed by atoms with Crippen LogP contribution in [0.25, 0.3) is 0 Å². The van der Waals surface area contributed by atoms with Gasteiger partial charge in [0.25, 0.3) is 0 Å². The van der Waals surface area contributed by atoms with Gasteiger partial charge in [0.05, 0.1) is 12.7 Å². The van der Waals surface area contributed by atoms with Crippen molar-refractivity contribution in [1.82, 2.24) is 9.78 Å². The van der Waals surface area contributed by atoms with Gasteiger partial charge in [0.2, 0.25) is 5.88 Å². The number of aryl methyl sites for hydroxylation is 1. The molecule has 0 saturated carbocycles. The molecule has 1 atom stereocenters. The molecule has 2 N–H and O–H groups in total. The molecule has 5 heteroatoms. The third-order valence-electron chi connectivity index (χ3n) is 2.02. The number of rotatable bonds is 3. The Morgan fingerprint density at radius 3 is 2.77 bits per heavy atom. The predicted molar refractivity (Wildman–Crippen MR) is 54.9 cm³/mol. The fourth-order valence-corrected chi connectivity index (χ4v) is 1.82. The largest absolute Gasteiger partial charge is 0.480 e. The van der Waals surface area contributed by atoms with E-state index >= 15 is 0 Å². The average Bonchev–Trinajstić information content (AvgIpc) is 2.42. The first-order valence-corrected chi connectivity index (χ1v) is 4.87. The van der Waals surface area contributed by atoms with E-state index < -0.39 is 0 Å². The number of halogens is 1. The molecule has 1 aromatic rings. The maximum Gasteiger partial charge on any atom is 0.237 e. The molecule has 0 fully saturated rings. The minimum Gasteiger partial charge on any atom is -0.480 e. The van der Waals surface area contributed by atoms with Crippen LogP contribution in [0.1, 0.15) is 18.4 Å². The Hall–Kier alpha value is -0.550. The van der Waals surface area contributed by atoms with Gasteiger partial charge in [-0.05, 0) is 22.5 Å². The summed E-state index contributed by atoms with van der Waals surface area (Å²) < 4.78 is 7.82. The Kier molecular flexibility index (Phi) is 3.33. The van der Waals surface area contributed by atoms with Crippen molar-refractivity contribution in [3.05, 3.63) is 10.2 Å². The van der Waals surface area contributed by atoms with Crippen LogP contribution in [-0.2, 0) is 7.05 Å². The van der Waals surface area contributed by atoms with Gasteiger partial charge in [-0.3, -0.25) is 4.68 Å². The normalized spacial score (nSPS) is 13.0. The van der Waals surface area contributed by atoms with E-state index in [0.29, 0.717) is 12.4 Å². The maximum atomic E-state index is 5.59. The van der Waals surface area contributed by atoms with Crippen molar-refractivity contribution in [2.24, 2.45) is 12.8 Å². The number of methoxy groups -OCH3 is 1. The molecular weight excluding hydrogens is 234 g/mol. The second kappa shape index (κ2) is 4.11. The first-order chi connectivity index (χ1) is 6.11. The number of hydrogen-bond donors (Lipinski definition) is 1. The number of ether oxygens (including phenoxy) is 1. The standard InChI is InChI=1S/C8H14BrN3O/c1-5(4-10)6-7(9)12(2)11-8(6)13-3/h5H,4,10H2,1-3H3. The number of hydrogen-bond acceptors (Lipinski definition) is 3. The Labute approximate surface area is 86.2 Å². The Balaban J connectivity index is 3.15. The van der Waals surface area contributed by atoms with Gasteiger partial charge in [0.1, 0.15) is 4.60 Å². The van der Waals surface area contributed by atoms with E-state index in [0.717, 1.165) is 10.2 Å². The van der Waals surface area contributed by atoms with Crippen LogP contribution in [0, 0.1) is 0 Å². The van der Waals surface area contributed by atoms with E-state index in [1.54, 1.807) is 11.8 Å². The maximum absolute atomic E-state index is 5.59. The summed E-state index contributed by atoms with van der Waals surface area (Å²) in [6.07, 6.45) is 0. The van der Waals surface area contributed by atoms with Crippen molar-refractivity contribution in [3.8, 4) is 5.88 Å². The van der Waals surface area contributed by atoms with Crippen LogP contribution in [0.3, 0.4) is 0 Å². The minimum absolute atomic E-state index is 0.248. The van der Waals surface area contributed by atoms with Gasteiger partial charge in [-0.1, -0.05) is 6.92 Å². The molecular formula is C8H14BrN3O. The molecule has 1 aromatic heterocycles. The van der Waals surface area contributed by atoms with Gasteiger partial charge in [0, 0.05) is 13.0 Å². The molecule has 0 aliphatic rings. The highest BCUT2D eigenvalue weighted by molar-refractivity contribution is 9.10. The molecule has 0 aliphatic carbocycles. The van der Waals surface area contributed by atoms with Gasteiger partial charge < -0.3 is 10.5 Å². The summed E-state index contributed by atoms with van der Waals surface area (Å²) in [6, 6.07) is 0. The fraction of sp³-hybridized carbons (Fsp3) is 0.625. The number of nitrogens with two attached hydrogens (primary N) is 1. The molecule has 0 amide bonds. The number of aromatic nitrogens is 2. The molecule has 1 rings (SSSR count). The van der Waals surface area contributed by atoms with E-state index in [4.69, 9.17) is 10.5 Å². The van der Waals surface area contributed by atoms with Crippen molar-refractivity contribution in [2.45, 2.75) is 12.8 Å². The summed E-state index contributed by atoms with van der Waals surface area (Å²) in [6.45, 7) is 2.63. The summed E-state index contributed by atoms with van der Waals surface area (Å²) in [7, 11) is 3.47. The molecule has 0 aliphatic heterocycles. The molecule has 1 unspecified atom stereocenters. The molecule has 0 saturated heterocycles. The van der Waals surface area contributed by atoms with Crippen molar-refractivity contribution < 1.29 is 4.74 Å². The second-order valence-electron chi connectivity index (χ2n) is 2.97. The average molecular weight is 248 g/mol. The Bertz CT molecular complexity index is 298. The van der Waals surface area contributed by atoms with E-state index in [1.807, 2.05) is 14.0 Å². The molecule has 0 radical (unpaired) electrons. The molecule has 1 heterocycles. The van der Waals surface area contributed by atoms with Crippen molar-refractivity contribution in [3.63, 3.8) is 0 Å². The number of nitrogens with zero attached hydrogens (tertiary/aromatic N) is 2. The second-order valence-corrected chi connectivity index (χ2v) is 3.73. The SMILES string of the molecule is COc1nn(C)c(Br)c1C(C)CN. The zero-order valence-electron chi connectivity index (χ0n) is 8.04. The molecule has 74 valence electrons. The zero-order chi connectivity index (χ0) is 10.0. The van der Waals surface area contributed by atoms with Crippen LogP contribution >= 0.6 is 15.9 Å². The summed E-state index contributed by atoms with van der Waals surface area (Å²) >= 11 is 3.45. The molecule has 0 bridgehead atoms. The summed E-state index contributed by atoms with van der Waals surface area (Å²) in [4.78, 5) is 0. The molecule has 0 aromatic carbocycles. The van der Waals surface area contributed by atoms with Gasteiger partial charge in [-0.15, -0.1) is 5.10 Å². The van der Waals surface area contributed by atoms with E-state index in [1.165, 1.54) is 0 Å². The van der Waals surface area contributed by atoms with Crippen molar-refractivity contribution >= 4 is 15.9 Å².